The summed E-state index contributed by atoms with van der Waals surface area (Å²) >= 11 is 0. The number of carbonyl (C=O) groups excluding carboxylic acids is 1. The lowest BCUT2D eigenvalue weighted by molar-refractivity contribution is -0.120. The molecule has 4 heteroatoms. The minimum Gasteiger partial charge on any atom is -0.361 e. The lowest BCUT2D eigenvalue weighted by atomic mass is 9.69. The van der Waals surface area contributed by atoms with Gasteiger partial charge in [-0.25, -0.2) is 0 Å². The first-order valence-corrected chi connectivity index (χ1v) is 13.1. The topological polar surface area (TPSA) is 51.9 Å². The minimum absolute atomic E-state index is 0.0751. The number of H-pyrrole nitrogens is 2. The van der Waals surface area contributed by atoms with E-state index >= 15 is 4.79 Å². The van der Waals surface area contributed by atoms with E-state index in [1.54, 1.807) is 0 Å². The van der Waals surface area contributed by atoms with Crippen LogP contribution >= 0.6 is 0 Å². The summed E-state index contributed by atoms with van der Waals surface area (Å²) in [4.78, 5) is 24.0. The summed E-state index contributed by atoms with van der Waals surface area (Å²) in [7, 11) is 0. The molecule has 6 aromatic rings. The Kier molecular flexibility index (Phi) is 4.89. The highest BCUT2D eigenvalue weighted by atomic mass is 16.2. The number of aromatic amines is 2. The van der Waals surface area contributed by atoms with E-state index < -0.39 is 5.41 Å². The van der Waals surface area contributed by atoms with Gasteiger partial charge in [0.25, 0.3) is 0 Å². The molecule has 2 N–H and O–H groups in total. The molecule has 0 saturated carbocycles. The molecule has 0 fully saturated rings. The Hall–Kier alpha value is -4.57. The third-order valence-corrected chi connectivity index (χ3v) is 8.33. The van der Waals surface area contributed by atoms with Crippen LogP contribution < -0.4 is 4.90 Å². The predicted molar refractivity (Wildman–Crippen MR) is 155 cm³/mol. The van der Waals surface area contributed by atoms with Crippen LogP contribution in [0.2, 0.25) is 0 Å². The molecule has 1 aliphatic heterocycles. The van der Waals surface area contributed by atoms with Crippen LogP contribution in [0.5, 0.6) is 0 Å². The van der Waals surface area contributed by atoms with Gasteiger partial charge in [-0.3, -0.25) is 4.79 Å². The average Bonchev–Trinajstić information content (AvgIpc) is 3.56. The number of amides is 1. The van der Waals surface area contributed by atoms with E-state index in [-0.39, 0.29) is 5.91 Å². The van der Waals surface area contributed by atoms with Crippen molar-refractivity contribution in [1.29, 1.82) is 0 Å². The Morgan fingerprint density at radius 1 is 0.763 bits per heavy atom. The maximum atomic E-state index is 15.1. The van der Waals surface area contributed by atoms with E-state index in [1.165, 1.54) is 10.9 Å². The fourth-order valence-corrected chi connectivity index (χ4v) is 6.32. The number of nitrogens with one attached hydrogen (secondary N) is 2. The monoisotopic (exact) mass is 495 g/mol. The number of carbonyl (C=O) groups is 1. The van der Waals surface area contributed by atoms with Gasteiger partial charge < -0.3 is 14.9 Å². The zero-order valence-corrected chi connectivity index (χ0v) is 21.8. The highest BCUT2D eigenvalue weighted by molar-refractivity contribution is 6.15. The van der Waals surface area contributed by atoms with Crippen molar-refractivity contribution >= 4 is 33.4 Å². The van der Waals surface area contributed by atoms with E-state index in [9.17, 15) is 0 Å². The van der Waals surface area contributed by atoms with Crippen molar-refractivity contribution in [3.63, 3.8) is 0 Å². The van der Waals surface area contributed by atoms with Crippen molar-refractivity contribution in [2.75, 3.05) is 4.90 Å². The van der Waals surface area contributed by atoms with Crippen molar-refractivity contribution in [1.82, 2.24) is 9.97 Å². The highest BCUT2D eigenvalue weighted by Crippen LogP contribution is 2.53. The summed E-state index contributed by atoms with van der Waals surface area (Å²) in [6.45, 7) is 6.87. The van der Waals surface area contributed by atoms with Gasteiger partial charge in [-0.1, -0.05) is 78.4 Å². The number of rotatable bonds is 4. The minimum atomic E-state index is -0.989. The van der Waals surface area contributed by atoms with Crippen molar-refractivity contribution in [3.8, 4) is 0 Å². The molecule has 1 amide bonds. The van der Waals surface area contributed by atoms with E-state index in [2.05, 4.69) is 91.4 Å². The standard InChI is InChI=1S/C34H29N3O/c1-21-13-16-32-28(17-21)34(29-19-35-30-12-8-7-11-27(29)30,33(38)37(32)20-24-9-5-4-6-10-24)25-14-15-26-22(2)23(3)36-31(26)18-25/h4-19,35-36H,20H2,1-3H3. The van der Waals surface area contributed by atoms with Crippen molar-refractivity contribution < 1.29 is 4.79 Å². The van der Waals surface area contributed by atoms with Crippen molar-refractivity contribution in [2.45, 2.75) is 32.7 Å². The van der Waals surface area contributed by atoms with Crippen LogP contribution in [0.3, 0.4) is 0 Å². The Morgan fingerprint density at radius 3 is 2.39 bits per heavy atom. The smallest absolute Gasteiger partial charge is 0.247 e. The molecule has 0 aliphatic carbocycles. The first-order chi connectivity index (χ1) is 18.5. The number of anilines is 1. The molecular formula is C34H29N3O. The number of aryl methyl sites for hydroxylation is 3. The zero-order valence-electron chi connectivity index (χ0n) is 21.8. The molecule has 3 heterocycles. The predicted octanol–water partition coefficient (Wildman–Crippen LogP) is 7.46. The average molecular weight is 496 g/mol. The largest absolute Gasteiger partial charge is 0.361 e. The Bertz CT molecular complexity index is 1860. The summed E-state index contributed by atoms with van der Waals surface area (Å²) in [6.07, 6.45) is 2.04. The maximum Gasteiger partial charge on any atom is 0.247 e. The second kappa shape index (κ2) is 8.22. The fourth-order valence-electron chi connectivity index (χ4n) is 6.32. The quantitative estimate of drug-likeness (QED) is 0.262. The molecule has 7 rings (SSSR count). The summed E-state index contributed by atoms with van der Waals surface area (Å²) in [5.74, 6) is 0.0751. The number of benzene rings is 4. The van der Waals surface area contributed by atoms with E-state index in [1.807, 2.05) is 41.4 Å². The second-order valence-corrected chi connectivity index (χ2v) is 10.5. The molecule has 1 unspecified atom stereocenters. The molecule has 1 aliphatic rings. The van der Waals surface area contributed by atoms with Gasteiger partial charge in [0, 0.05) is 50.5 Å². The first kappa shape index (κ1) is 22.6. The second-order valence-electron chi connectivity index (χ2n) is 10.5. The van der Waals surface area contributed by atoms with Crippen molar-refractivity contribution in [2.24, 2.45) is 0 Å². The number of para-hydroxylation sites is 1. The van der Waals surface area contributed by atoms with Gasteiger partial charge in [0.05, 0.1) is 6.54 Å². The van der Waals surface area contributed by atoms with Gasteiger partial charge in [0.2, 0.25) is 5.91 Å². The molecule has 4 aromatic carbocycles. The molecular weight excluding hydrogens is 466 g/mol. The van der Waals surface area contributed by atoms with Crippen LogP contribution in [0.25, 0.3) is 21.8 Å². The number of fused-ring (bicyclic) bond motifs is 3. The lowest BCUT2D eigenvalue weighted by Crippen LogP contribution is -2.42. The molecule has 2 aromatic heterocycles. The Balaban J connectivity index is 1.56. The van der Waals surface area contributed by atoms with Gasteiger partial charge >= 0.3 is 0 Å². The Morgan fingerprint density at radius 2 is 1.55 bits per heavy atom. The van der Waals surface area contributed by atoms with Crippen LogP contribution in [-0.4, -0.2) is 15.9 Å². The Labute approximate surface area is 221 Å². The molecule has 4 nitrogen and oxygen atoms in total. The van der Waals surface area contributed by atoms with Crippen molar-refractivity contribution in [3.05, 3.63) is 136 Å². The summed E-state index contributed by atoms with van der Waals surface area (Å²) in [6, 6.07) is 31.5. The normalized spacial score (nSPS) is 17.0. The SMILES string of the molecule is Cc1ccc2c(c1)C(c1ccc3c(C)c(C)[nH]c3c1)(c1c[nH]c3ccccc13)C(=O)N2Cc1ccccc1. The van der Waals surface area contributed by atoms with Crippen LogP contribution in [0.1, 0.15) is 39.1 Å². The number of hydrogen-bond acceptors (Lipinski definition) is 1. The number of hydrogen-bond donors (Lipinski definition) is 2. The van der Waals surface area contributed by atoms with E-state index in [0.717, 1.165) is 55.6 Å². The van der Waals surface area contributed by atoms with Crippen LogP contribution in [0, 0.1) is 20.8 Å². The number of aromatic nitrogens is 2. The van der Waals surface area contributed by atoms with Gasteiger partial charge in [0.1, 0.15) is 5.41 Å². The van der Waals surface area contributed by atoms with Gasteiger partial charge in [-0.05, 0) is 55.7 Å². The highest BCUT2D eigenvalue weighted by Gasteiger charge is 2.54. The van der Waals surface area contributed by atoms with Gasteiger partial charge in [-0.2, -0.15) is 0 Å². The van der Waals surface area contributed by atoms with Crippen LogP contribution in [0.4, 0.5) is 5.69 Å². The fraction of sp³-hybridized carbons (Fsp3) is 0.147. The zero-order chi connectivity index (χ0) is 26.0. The molecule has 0 saturated heterocycles. The van der Waals surface area contributed by atoms with Gasteiger partial charge in [0.15, 0.2) is 0 Å². The number of nitrogens with zero attached hydrogens (tertiary/aromatic N) is 1. The summed E-state index contributed by atoms with van der Waals surface area (Å²) in [5, 5.41) is 2.25. The first-order valence-electron chi connectivity index (χ1n) is 13.1. The lowest BCUT2D eigenvalue weighted by Gasteiger charge is -2.30. The maximum absolute atomic E-state index is 15.1. The molecule has 0 radical (unpaired) electrons. The van der Waals surface area contributed by atoms with Crippen LogP contribution in [-0.2, 0) is 16.8 Å². The summed E-state index contributed by atoms with van der Waals surface area (Å²) in [5.41, 5.74) is 9.68. The van der Waals surface area contributed by atoms with Crippen LogP contribution in [0.15, 0.2) is 97.2 Å². The van der Waals surface area contributed by atoms with E-state index in [0.29, 0.717) is 6.54 Å². The molecule has 186 valence electrons. The van der Waals surface area contributed by atoms with E-state index in [4.69, 9.17) is 0 Å². The van der Waals surface area contributed by atoms with Gasteiger partial charge in [-0.15, -0.1) is 0 Å². The molecule has 38 heavy (non-hydrogen) atoms. The molecule has 0 bridgehead atoms. The third kappa shape index (κ3) is 3.07. The molecule has 1 atom stereocenters. The molecule has 0 spiro atoms. The third-order valence-electron chi connectivity index (χ3n) is 8.33. The summed E-state index contributed by atoms with van der Waals surface area (Å²) < 4.78 is 0.